The Hall–Kier alpha value is -3.74. The van der Waals surface area contributed by atoms with E-state index in [1.807, 2.05) is 30.6 Å². The van der Waals surface area contributed by atoms with Gasteiger partial charge in [-0.3, -0.25) is 10.1 Å². The SMILES string of the molecule is CC(C)Nc1cncc(-c2ccc3[nH]nc(-c4nc5ncccc5[nH]4)c3c2)c1. The number of aromatic amines is 2. The number of rotatable bonds is 4. The summed E-state index contributed by atoms with van der Waals surface area (Å²) in [5.74, 6) is 0.699. The summed E-state index contributed by atoms with van der Waals surface area (Å²) in [7, 11) is 0. The van der Waals surface area contributed by atoms with E-state index in [4.69, 9.17) is 0 Å². The second kappa shape index (κ2) is 6.45. The molecule has 0 saturated heterocycles. The molecule has 138 valence electrons. The van der Waals surface area contributed by atoms with Crippen LogP contribution in [0.25, 0.3) is 44.7 Å². The van der Waals surface area contributed by atoms with Gasteiger partial charge in [0.2, 0.25) is 0 Å². The molecule has 0 spiro atoms. The average molecular weight is 369 g/mol. The summed E-state index contributed by atoms with van der Waals surface area (Å²) >= 11 is 0. The molecule has 7 nitrogen and oxygen atoms in total. The quantitative estimate of drug-likeness (QED) is 0.437. The van der Waals surface area contributed by atoms with Crippen molar-refractivity contribution >= 4 is 27.8 Å². The van der Waals surface area contributed by atoms with Gasteiger partial charge in [-0.15, -0.1) is 0 Å². The fourth-order valence-electron chi connectivity index (χ4n) is 3.34. The highest BCUT2D eigenvalue weighted by molar-refractivity contribution is 5.95. The number of hydrogen-bond acceptors (Lipinski definition) is 5. The van der Waals surface area contributed by atoms with E-state index in [-0.39, 0.29) is 0 Å². The van der Waals surface area contributed by atoms with Crippen LogP contribution >= 0.6 is 0 Å². The van der Waals surface area contributed by atoms with E-state index in [1.54, 1.807) is 6.20 Å². The minimum absolute atomic E-state index is 0.349. The van der Waals surface area contributed by atoms with Gasteiger partial charge in [-0.2, -0.15) is 5.10 Å². The molecule has 0 unspecified atom stereocenters. The van der Waals surface area contributed by atoms with Crippen molar-refractivity contribution in [3.8, 4) is 22.6 Å². The highest BCUT2D eigenvalue weighted by atomic mass is 15.1. The topological polar surface area (TPSA) is 95.2 Å². The molecule has 28 heavy (non-hydrogen) atoms. The molecular formula is C21H19N7. The summed E-state index contributed by atoms with van der Waals surface area (Å²) in [6.07, 6.45) is 5.45. The molecule has 0 atom stereocenters. The van der Waals surface area contributed by atoms with Gasteiger partial charge in [-0.1, -0.05) is 6.07 Å². The monoisotopic (exact) mass is 369 g/mol. The van der Waals surface area contributed by atoms with E-state index >= 15 is 0 Å². The number of imidazole rings is 1. The maximum atomic E-state index is 4.58. The predicted octanol–water partition coefficient (Wildman–Crippen LogP) is 4.38. The van der Waals surface area contributed by atoms with E-state index in [2.05, 4.69) is 67.5 Å². The molecule has 0 bridgehead atoms. The first-order valence-corrected chi connectivity index (χ1v) is 9.18. The Balaban J connectivity index is 1.60. The second-order valence-corrected chi connectivity index (χ2v) is 7.05. The molecule has 1 aromatic carbocycles. The minimum Gasteiger partial charge on any atom is -0.382 e. The van der Waals surface area contributed by atoms with Gasteiger partial charge in [-0.25, -0.2) is 9.97 Å². The first-order valence-electron chi connectivity index (χ1n) is 9.18. The molecule has 0 fully saturated rings. The number of anilines is 1. The van der Waals surface area contributed by atoms with Crippen molar-refractivity contribution in [2.75, 3.05) is 5.32 Å². The van der Waals surface area contributed by atoms with E-state index in [0.29, 0.717) is 17.5 Å². The van der Waals surface area contributed by atoms with Crippen LogP contribution in [0, 0.1) is 0 Å². The zero-order chi connectivity index (χ0) is 19.1. The van der Waals surface area contributed by atoms with Crippen LogP contribution in [0.5, 0.6) is 0 Å². The lowest BCUT2D eigenvalue weighted by Gasteiger charge is -2.11. The van der Waals surface area contributed by atoms with Gasteiger partial charge < -0.3 is 10.3 Å². The summed E-state index contributed by atoms with van der Waals surface area (Å²) in [4.78, 5) is 16.6. The van der Waals surface area contributed by atoms with Crippen LogP contribution in [-0.4, -0.2) is 36.2 Å². The Morgan fingerprint density at radius 1 is 1.00 bits per heavy atom. The van der Waals surface area contributed by atoms with Crippen LogP contribution in [-0.2, 0) is 0 Å². The number of H-pyrrole nitrogens is 2. The third-order valence-electron chi connectivity index (χ3n) is 4.57. The van der Waals surface area contributed by atoms with Crippen molar-refractivity contribution in [2.45, 2.75) is 19.9 Å². The maximum absolute atomic E-state index is 4.58. The van der Waals surface area contributed by atoms with E-state index in [9.17, 15) is 0 Å². The number of fused-ring (bicyclic) bond motifs is 2. The summed E-state index contributed by atoms with van der Waals surface area (Å²) < 4.78 is 0. The van der Waals surface area contributed by atoms with Gasteiger partial charge in [0.25, 0.3) is 0 Å². The molecule has 3 N–H and O–H groups in total. The van der Waals surface area contributed by atoms with Crippen molar-refractivity contribution in [1.29, 1.82) is 0 Å². The molecule has 5 aromatic rings. The molecule has 5 rings (SSSR count). The van der Waals surface area contributed by atoms with E-state index < -0.39 is 0 Å². The van der Waals surface area contributed by atoms with Crippen LogP contribution < -0.4 is 5.32 Å². The van der Waals surface area contributed by atoms with Gasteiger partial charge in [-0.05, 0) is 49.7 Å². The van der Waals surface area contributed by atoms with Crippen molar-refractivity contribution in [3.05, 3.63) is 55.0 Å². The molecule has 4 heterocycles. The minimum atomic E-state index is 0.349. The smallest absolute Gasteiger partial charge is 0.178 e. The van der Waals surface area contributed by atoms with Crippen molar-refractivity contribution in [2.24, 2.45) is 0 Å². The van der Waals surface area contributed by atoms with Gasteiger partial charge in [0.05, 0.1) is 16.7 Å². The zero-order valence-electron chi connectivity index (χ0n) is 15.6. The number of nitrogens with one attached hydrogen (secondary N) is 3. The number of benzene rings is 1. The number of pyridine rings is 2. The van der Waals surface area contributed by atoms with Crippen LogP contribution in [0.1, 0.15) is 13.8 Å². The molecule has 0 aliphatic heterocycles. The lowest BCUT2D eigenvalue weighted by Crippen LogP contribution is -2.09. The van der Waals surface area contributed by atoms with Crippen LogP contribution in [0.2, 0.25) is 0 Å². The molecule has 4 aromatic heterocycles. The molecule has 0 saturated carbocycles. The molecule has 7 heteroatoms. The average Bonchev–Trinajstić information content (AvgIpc) is 3.30. The molecule has 0 radical (unpaired) electrons. The van der Waals surface area contributed by atoms with E-state index in [1.165, 1.54) is 0 Å². The highest BCUT2D eigenvalue weighted by Gasteiger charge is 2.14. The summed E-state index contributed by atoms with van der Waals surface area (Å²) in [6.45, 7) is 4.22. The zero-order valence-corrected chi connectivity index (χ0v) is 15.6. The summed E-state index contributed by atoms with van der Waals surface area (Å²) in [6, 6.07) is 12.5. The van der Waals surface area contributed by atoms with Gasteiger partial charge >= 0.3 is 0 Å². The van der Waals surface area contributed by atoms with Gasteiger partial charge in [0.15, 0.2) is 11.5 Å². The van der Waals surface area contributed by atoms with Gasteiger partial charge in [0, 0.05) is 35.6 Å². The lowest BCUT2D eigenvalue weighted by atomic mass is 10.0. The fourth-order valence-corrected chi connectivity index (χ4v) is 3.34. The second-order valence-electron chi connectivity index (χ2n) is 7.05. The predicted molar refractivity (Wildman–Crippen MR) is 111 cm³/mol. The van der Waals surface area contributed by atoms with Crippen LogP contribution in [0.4, 0.5) is 5.69 Å². The summed E-state index contributed by atoms with van der Waals surface area (Å²) in [5, 5.41) is 12.0. The largest absolute Gasteiger partial charge is 0.382 e. The third kappa shape index (κ3) is 2.87. The first-order chi connectivity index (χ1) is 13.7. The summed E-state index contributed by atoms with van der Waals surface area (Å²) in [5.41, 5.74) is 6.43. The highest BCUT2D eigenvalue weighted by Crippen LogP contribution is 2.30. The molecule has 0 aliphatic rings. The maximum Gasteiger partial charge on any atom is 0.178 e. The molecular weight excluding hydrogens is 350 g/mol. The van der Waals surface area contributed by atoms with E-state index in [0.717, 1.165) is 38.9 Å². The standard InChI is InChI=1S/C21H19N7/c1-12(2)24-15-8-14(10-22-11-15)13-5-6-17-16(9-13)19(28-27-17)21-25-18-4-3-7-23-20(18)26-21/h3-12,24H,1-2H3,(H,27,28)(H,23,25,26). The van der Waals surface area contributed by atoms with Crippen molar-refractivity contribution in [1.82, 2.24) is 30.1 Å². The molecule has 0 aliphatic carbocycles. The Kier molecular flexibility index (Phi) is 3.79. The Morgan fingerprint density at radius 3 is 2.79 bits per heavy atom. The number of hydrogen-bond donors (Lipinski definition) is 3. The first kappa shape index (κ1) is 16.4. The number of aromatic nitrogens is 6. The van der Waals surface area contributed by atoms with Crippen molar-refractivity contribution in [3.63, 3.8) is 0 Å². The lowest BCUT2D eigenvalue weighted by molar-refractivity contribution is 0.898. The Bertz CT molecular complexity index is 1250. The van der Waals surface area contributed by atoms with Crippen molar-refractivity contribution < 1.29 is 0 Å². The molecule has 0 amide bonds. The Morgan fingerprint density at radius 2 is 1.93 bits per heavy atom. The number of nitrogens with zero attached hydrogens (tertiary/aromatic N) is 4. The fraction of sp³-hybridized carbons (Fsp3) is 0.143. The van der Waals surface area contributed by atoms with Gasteiger partial charge in [0.1, 0.15) is 5.69 Å². The van der Waals surface area contributed by atoms with Crippen LogP contribution in [0.3, 0.4) is 0 Å². The third-order valence-corrected chi connectivity index (χ3v) is 4.57. The normalized spacial score (nSPS) is 11.5. The Labute approximate surface area is 161 Å². The van der Waals surface area contributed by atoms with Crippen LogP contribution in [0.15, 0.2) is 55.0 Å².